The van der Waals surface area contributed by atoms with Gasteiger partial charge >= 0.3 is 0 Å². The van der Waals surface area contributed by atoms with Crippen molar-refractivity contribution in [1.82, 2.24) is 0 Å². The van der Waals surface area contributed by atoms with Crippen molar-refractivity contribution in [3.05, 3.63) is 96.6 Å². The second-order valence-corrected chi connectivity index (χ2v) is 9.13. The number of hydrogen-bond donors (Lipinski definition) is 0. The van der Waals surface area contributed by atoms with E-state index in [0.29, 0.717) is 5.56 Å². The summed E-state index contributed by atoms with van der Waals surface area (Å²) in [6.45, 7) is 0. The number of nitriles is 1. The Hall–Kier alpha value is -4.81. The maximum atomic E-state index is 9.76. The Balaban J connectivity index is 1.96. The predicted octanol–water partition coefficient (Wildman–Crippen LogP) is 8.49. The number of fused-ring (bicyclic) bond motifs is 13. The Morgan fingerprint density at radius 2 is 1.17 bits per heavy atom. The summed E-state index contributed by atoms with van der Waals surface area (Å²) in [5.74, 6) is 1.52. The lowest BCUT2D eigenvalue weighted by Crippen LogP contribution is -1.94. The molecule has 0 saturated heterocycles. The van der Waals surface area contributed by atoms with E-state index in [2.05, 4.69) is 78.9 Å². The maximum Gasteiger partial charge on any atom is 0.131 e. The second-order valence-electron chi connectivity index (χ2n) is 9.13. The molecule has 0 unspecified atom stereocenters. The van der Waals surface area contributed by atoms with Crippen molar-refractivity contribution in [2.75, 3.05) is 14.2 Å². The zero-order chi connectivity index (χ0) is 24.4. The highest BCUT2D eigenvalue weighted by Gasteiger charge is 2.20. The quantitative estimate of drug-likeness (QED) is 0.241. The second kappa shape index (κ2) is 7.60. The van der Waals surface area contributed by atoms with Gasteiger partial charge in [0.25, 0.3) is 0 Å². The summed E-state index contributed by atoms with van der Waals surface area (Å²) < 4.78 is 11.7. The number of nitrogens with zero attached hydrogens (tertiary/aromatic N) is 1. The SMILES string of the molecule is COc1cc(OC)c2c(c1)c1ccccc1c1c3cc(C#N)ccc3c3ccc4ccccc4c3c21. The third-order valence-electron chi connectivity index (χ3n) is 7.41. The summed E-state index contributed by atoms with van der Waals surface area (Å²) in [5, 5.41) is 23.4. The van der Waals surface area contributed by atoms with E-state index in [1.165, 1.54) is 16.2 Å². The summed E-state index contributed by atoms with van der Waals surface area (Å²) in [4.78, 5) is 0. The average molecular weight is 464 g/mol. The van der Waals surface area contributed by atoms with Crippen LogP contribution in [0.2, 0.25) is 0 Å². The van der Waals surface area contributed by atoms with Crippen LogP contribution in [0.25, 0.3) is 64.6 Å². The summed E-state index contributed by atoms with van der Waals surface area (Å²) >= 11 is 0. The molecular formula is C33H21NO2. The van der Waals surface area contributed by atoms with E-state index in [1.807, 2.05) is 18.2 Å². The normalized spacial score (nSPS) is 11.6. The zero-order valence-electron chi connectivity index (χ0n) is 19.9. The molecule has 0 heterocycles. The number of rotatable bonds is 2. The van der Waals surface area contributed by atoms with Gasteiger partial charge in [0.2, 0.25) is 0 Å². The molecule has 3 nitrogen and oxygen atoms in total. The highest BCUT2D eigenvalue weighted by Crippen LogP contribution is 2.49. The highest BCUT2D eigenvalue weighted by atomic mass is 16.5. The molecule has 0 atom stereocenters. The van der Waals surface area contributed by atoms with E-state index < -0.39 is 0 Å². The van der Waals surface area contributed by atoms with Gasteiger partial charge in [-0.05, 0) is 72.1 Å². The molecule has 3 heteroatoms. The molecule has 0 aliphatic carbocycles. The van der Waals surface area contributed by atoms with E-state index in [1.54, 1.807) is 14.2 Å². The molecule has 0 aliphatic heterocycles. The maximum absolute atomic E-state index is 9.76. The minimum Gasteiger partial charge on any atom is -0.497 e. The van der Waals surface area contributed by atoms with Crippen LogP contribution in [0, 0.1) is 11.3 Å². The summed E-state index contributed by atoms with van der Waals surface area (Å²) in [6, 6.07) is 33.9. The van der Waals surface area contributed by atoms with Gasteiger partial charge in [0, 0.05) is 16.8 Å². The lowest BCUT2D eigenvalue weighted by Gasteiger charge is -2.19. The molecule has 0 fully saturated rings. The number of ether oxygens (including phenoxy) is 2. The lowest BCUT2D eigenvalue weighted by molar-refractivity contribution is 0.398. The molecule has 7 aromatic carbocycles. The largest absolute Gasteiger partial charge is 0.497 e. The fraction of sp³-hybridized carbons (Fsp3) is 0.0606. The molecule has 0 bridgehead atoms. The van der Waals surface area contributed by atoms with Crippen molar-refractivity contribution in [2.45, 2.75) is 0 Å². The van der Waals surface area contributed by atoms with Crippen LogP contribution in [0.5, 0.6) is 11.5 Å². The Kier molecular flexibility index (Phi) is 4.34. The number of methoxy groups -OCH3 is 2. The first kappa shape index (κ1) is 20.6. The van der Waals surface area contributed by atoms with Crippen LogP contribution in [-0.2, 0) is 0 Å². The van der Waals surface area contributed by atoms with E-state index in [-0.39, 0.29) is 0 Å². The van der Waals surface area contributed by atoms with E-state index in [0.717, 1.165) is 60.0 Å². The van der Waals surface area contributed by atoms with Crippen molar-refractivity contribution in [3.8, 4) is 17.6 Å². The minimum absolute atomic E-state index is 0.648. The van der Waals surface area contributed by atoms with Gasteiger partial charge in [-0.2, -0.15) is 5.26 Å². The smallest absolute Gasteiger partial charge is 0.131 e. The molecule has 0 saturated carbocycles. The van der Waals surface area contributed by atoms with Crippen LogP contribution in [0.4, 0.5) is 0 Å². The Labute approximate surface area is 207 Å². The summed E-state index contributed by atoms with van der Waals surface area (Å²) in [7, 11) is 3.40. The Bertz CT molecular complexity index is 2080. The van der Waals surface area contributed by atoms with Gasteiger partial charge in [0.15, 0.2) is 0 Å². The topological polar surface area (TPSA) is 42.2 Å². The van der Waals surface area contributed by atoms with E-state index in [9.17, 15) is 5.26 Å². The first-order valence-electron chi connectivity index (χ1n) is 11.9. The first-order valence-corrected chi connectivity index (χ1v) is 11.9. The standard InChI is InChI=1S/C33H21NO2/c1-35-21-16-28-23-9-5-6-10-25(23)31-27-15-19(18-34)11-13-24(27)26-14-12-20-7-3-4-8-22(20)30(26)33(31)32(28)29(17-21)36-2/h3-17H,1-2H3. The molecular weight excluding hydrogens is 442 g/mol. The molecule has 36 heavy (non-hydrogen) atoms. The van der Waals surface area contributed by atoms with Gasteiger partial charge in [-0.1, -0.05) is 66.7 Å². The van der Waals surface area contributed by atoms with Gasteiger partial charge in [-0.15, -0.1) is 0 Å². The van der Waals surface area contributed by atoms with E-state index >= 15 is 0 Å². The highest BCUT2D eigenvalue weighted by molar-refractivity contribution is 6.43. The average Bonchev–Trinajstić information content (AvgIpc) is 2.95. The van der Waals surface area contributed by atoms with Gasteiger partial charge in [-0.3, -0.25) is 0 Å². The molecule has 0 aromatic heterocycles. The zero-order valence-corrected chi connectivity index (χ0v) is 19.9. The van der Waals surface area contributed by atoms with Crippen LogP contribution in [-0.4, -0.2) is 14.2 Å². The van der Waals surface area contributed by atoms with Crippen LogP contribution in [0.3, 0.4) is 0 Å². The molecule has 0 N–H and O–H groups in total. The minimum atomic E-state index is 0.648. The number of hydrogen-bond acceptors (Lipinski definition) is 3. The Morgan fingerprint density at radius 3 is 1.94 bits per heavy atom. The lowest BCUT2D eigenvalue weighted by atomic mass is 9.85. The third kappa shape index (κ3) is 2.67. The first-order chi connectivity index (χ1) is 17.7. The number of benzene rings is 7. The van der Waals surface area contributed by atoms with Crippen molar-refractivity contribution < 1.29 is 9.47 Å². The van der Waals surface area contributed by atoms with Crippen LogP contribution in [0.1, 0.15) is 5.56 Å². The van der Waals surface area contributed by atoms with Gasteiger partial charge < -0.3 is 9.47 Å². The molecule has 0 radical (unpaired) electrons. The van der Waals surface area contributed by atoms with Crippen LogP contribution < -0.4 is 9.47 Å². The van der Waals surface area contributed by atoms with Crippen molar-refractivity contribution in [3.63, 3.8) is 0 Å². The van der Waals surface area contributed by atoms with Crippen molar-refractivity contribution in [2.24, 2.45) is 0 Å². The Morgan fingerprint density at radius 1 is 0.528 bits per heavy atom. The predicted molar refractivity (Wildman–Crippen MR) is 149 cm³/mol. The molecule has 7 aromatic rings. The van der Waals surface area contributed by atoms with Gasteiger partial charge in [0.1, 0.15) is 11.5 Å². The van der Waals surface area contributed by atoms with Crippen molar-refractivity contribution in [1.29, 1.82) is 5.26 Å². The summed E-state index contributed by atoms with van der Waals surface area (Å²) in [5.41, 5.74) is 0.648. The fourth-order valence-corrected chi connectivity index (χ4v) is 5.89. The molecule has 0 aliphatic rings. The molecule has 0 spiro atoms. The fourth-order valence-electron chi connectivity index (χ4n) is 5.89. The monoisotopic (exact) mass is 463 g/mol. The van der Waals surface area contributed by atoms with Crippen molar-refractivity contribution >= 4 is 64.6 Å². The van der Waals surface area contributed by atoms with Gasteiger partial charge in [0.05, 0.1) is 25.9 Å². The molecule has 7 rings (SSSR count). The third-order valence-corrected chi connectivity index (χ3v) is 7.41. The molecule has 170 valence electrons. The van der Waals surface area contributed by atoms with Crippen LogP contribution >= 0.6 is 0 Å². The van der Waals surface area contributed by atoms with Crippen LogP contribution in [0.15, 0.2) is 91.0 Å². The summed E-state index contributed by atoms with van der Waals surface area (Å²) in [6.07, 6.45) is 0. The van der Waals surface area contributed by atoms with E-state index in [4.69, 9.17) is 9.47 Å². The van der Waals surface area contributed by atoms with Gasteiger partial charge in [-0.25, -0.2) is 0 Å². The molecule has 0 amide bonds.